The summed E-state index contributed by atoms with van der Waals surface area (Å²) >= 11 is 0. The molecule has 0 fully saturated rings. The Labute approximate surface area is 87.1 Å². The summed E-state index contributed by atoms with van der Waals surface area (Å²) in [7, 11) is 0. The molecule has 0 aliphatic rings. The van der Waals surface area contributed by atoms with E-state index >= 15 is 0 Å². The summed E-state index contributed by atoms with van der Waals surface area (Å²) in [4.78, 5) is 22.0. The molecule has 0 spiro atoms. The zero-order valence-corrected chi connectivity index (χ0v) is 8.19. The molecule has 0 aromatic heterocycles. The Kier molecular flexibility index (Phi) is 3.58. The van der Waals surface area contributed by atoms with Gasteiger partial charge in [0.15, 0.2) is 5.78 Å². The molecule has 0 saturated heterocycles. The molecular weight excluding hydrogens is 194 g/mol. The van der Waals surface area contributed by atoms with Crippen molar-refractivity contribution in [2.75, 3.05) is 0 Å². The van der Waals surface area contributed by atoms with Crippen LogP contribution in [-0.2, 0) is 4.79 Å². The maximum atomic E-state index is 11.3. The third kappa shape index (κ3) is 3.24. The number of hydrogen-bond acceptors (Lipinski definition) is 4. The first-order valence-electron chi connectivity index (χ1n) is 4.32. The van der Waals surface area contributed by atoms with Gasteiger partial charge in [-0.05, 0) is 12.1 Å². The third-order valence-electron chi connectivity index (χ3n) is 1.66. The number of rotatable bonds is 3. The van der Waals surface area contributed by atoms with E-state index in [0.717, 1.165) is 0 Å². The lowest BCUT2D eigenvalue weighted by molar-refractivity contribution is -0.131. The summed E-state index contributed by atoms with van der Waals surface area (Å²) < 4.78 is 4.81. The molecule has 76 valence electrons. The fourth-order valence-corrected chi connectivity index (χ4v) is 1.07. The van der Waals surface area contributed by atoms with Gasteiger partial charge in [-0.3, -0.25) is 9.59 Å². The van der Waals surface area contributed by atoms with Gasteiger partial charge in [0.2, 0.25) is 0 Å². The van der Waals surface area contributed by atoms with Gasteiger partial charge in [0.1, 0.15) is 5.75 Å². The highest BCUT2D eigenvalue weighted by molar-refractivity contribution is 5.97. The van der Waals surface area contributed by atoms with Crippen molar-refractivity contribution in [1.29, 1.82) is 5.26 Å². The molecule has 0 atom stereocenters. The average Bonchev–Trinajstić information content (AvgIpc) is 2.17. The molecule has 0 N–H and O–H groups in total. The molecule has 0 bridgehead atoms. The summed E-state index contributed by atoms with van der Waals surface area (Å²) in [6, 6.07) is 7.96. The number of nitriles is 1. The second kappa shape index (κ2) is 4.91. The third-order valence-corrected chi connectivity index (χ3v) is 1.66. The summed E-state index contributed by atoms with van der Waals surface area (Å²) in [5.41, 5.74) is 0.371. The van der Waals surface area contributed by atoms with Crippen molar-refractivity contribution < 1.29 is 14.3 Å². The first-order chi connectivity index (χ1) is 7.13. The van der Waals surface area contributed by atoms with Gasteiger partial charge in [0.25, 0.3) is 0 Å². The van der Waals surface area contributed by atoms with E-state index < -0.39 is 5.97 Å². The largest absolute Gasteiger partial charge is 0.427 e. The molecule has 1 aromatic carbocycles. The Morgan fingerprint density at radius 1 is 1.47 bits per heavy atom. The van der Waals surface area contributed by atoms with Crippen molar-refractivity contribution in [3.8, 4) is 11.8 Å². The van der Waals surface area contributed by atoms with E-state index in [1.807, 2.05) is 0 Å². The van der Waals surface area contributed by atoms with Crippen LogP contribution in [0.1, 0.15) is 23.7 Å². The van der Waals surface area contributed by atoms with Crippen LogP contribution in [0.2, 0.25) is 0 Å². The van der Waals surface area contributed by atoms with Crippen LogP contribution in [0.25, 0.3) is 0 Å². The summed E-state index contributed by atoms with van der Waals surface area (Å²) in [5, 5.41) is 8.36. The van der Waals surface area contributed by atoms with Gasteiger partial charge in [0.05, 0.1) is 12.5 Å². The lowest BCUT2D eigenvalue weighted by Crippen LogP contribution is -2.03. The van der Waals surface area contributed by atoms with Crippen molar-refractivity contribution in [3.63, 3.8) is 0 Å². The smallest absolute Gasteiger partial charge is 0.308 e. The van der Waals surface area contributed by atoms with Crippen LogP contribution in [-0.4, -0.2) is 11.8 Å². The molecule has 4 heteroatoms. The standard InChI is InChI=1S/C11H9NO3/c1-8(13)15-10-4-2-3-9(7-10)11(14)5-6-12/h2-4,7H,5H2,1H3. The van der Waals surface area contributed by atoms with Gasteiger partial charge < -0.3 is 4.74 Å². The van der Waals surface area contributed by atoms with Gasteiger partial charge in [-0.2, -0.15) is 5.26 Å². The van der Waals surface area contributed by atoms with Crippen LogP contribution in [0.4, 0.5) is 0 Å². The topological polar surface area (TPSA) is 67.2 Å². The molecule has 0 aliphatic carbocycles. The fraction of sp³-hybridized carbons (Fsp3) is 0.182. The predicted molar refractivity (Wildman–Crippen MR) is 52.3 cm³/mol. The molecule has 1 aromatic rings. The van der Waals surface area contributed by atoms with E-state index in [-0.39, 0.29) is 12.2 Å². The molecule has 4 nitrogen and oxygen atoms in total. The van der Waals surface area contributed by atoms with Crippen LogP contribution in [0.3, 0.4) is 0 Å². The van der Waals surface area contributed by atoms with Crippen LogP contribution in [0, 0.1) is 11.3 Å². The highest BCUT2D eigenvalue weighted by atomic mass is 16.5. The number of hydrogen-bond donors (Lipinski definition) is 0. The van der Waals surface area contributed by atoms with Crippen LogP contribution in [0.15, 0.2) is 24.3 Å². The number of esters is 1. The van der Waals surface area contributed by atoms with Gasteiger partial charge in [0, 0.05) is 12.5 Å². The molecule has 0 aliphatic heterocycles. The normalized spacial score (nSPS) is 9.07. The minimum Gasteiger partial charge on any atom is -0.427 e. The molecule has 0 heterocycles. The summed E-state index contributed by atoms with van der Waals surface area (Å²) in [5.74, 6) is -0.419. The summed E-state index contributed by atoms with van der Waals surface area (Å²) in [6.45, 7) is 1.28. The SMILES string of the molecule is CC(=O)Oc1cccc(C(=O)CC#N)c1. The minimum atomic E-state index is -0.445. The minimum absolute atomic E-state index is 0.177. The highest BCUT2D eigenvalue weighted by Gasteiger charge is 2.06. The first-order valence-corrected chi connectivity index (χ1v) is 4.32. The second-order valence-electron chi connectivity index (χ2n) is 2.88. The Bertz CT molecular complexity index is 432. The monoisotopic (exact) mass is 203 g/mol. The molecule has 0 amide bonds. The number of Topliss-reactive ketones (excluding diaryl/α,β-unsaturated/α-hetero) is 1. The van der Waals surface area contributed by atoms with Crippen molar-refractivity contribution in [3.05, 3.63) is 29.8 Å². The molecule has 0 saturated carbocycles. The van der Waals surface area contributed by atoms with Crippen molar-refractivity contribution in [2.45, 2.75) is 13.3 Å². The highest BCUT2D eigenvalue weighted by Crippen LogP contribution is 2.14. The van der Waals surface area contributed by atoms with Crippen LogP contribution in [0.5, 0.6) is 5.75 Å². The number of benzene rings is 1. The van der Waals surface area contributed by atoms with E-state index in [0.29, 0.717) is 11.3 Å². The Morgan fingerprint density at radius 2 is 2.20 bits per heavy atom. The van der Waals surface area contributed by atoms with Crippen molar-refractivity contribution in [1.82, 2.24) is 0 Å². The van der Waals surface area contributed by atoms with Crippen LogP contribution < -0.4 is 4.74 Å². The van der Waals surface area contributed by atoms with Gasteiger partial charge in [-0.15, -0.1) is 0 Å². The van der Waals surface area contributed by atoms with E-state index in [1.165, 1.54) is 13.0 Å². The maximum Gasteiger partial charge on any atom is 0.308 e. The maximum absolute atomic E-state index is 11.3. The lowest BCUT2D eigenvalue weighted by Gasteiger charge is -2.02. The van der Waals surface area contributed by atoms with E-state index in [1.54, 1.807) is 24.3 Å². The number of ether oxygens (including phenoxy) is 1. The van der Waals surface area contributed by atoms with E-state index in [2.05, 4.69) is 0 Å². The molecular formula is C11H9NO3. The first kappa shape index (κ1) is 10.9. The Morgan fingerprint density at radius 3 is 2.80 bits per heavy atom. The second-order valence-corrected chi connectivity index (χ2v) is 2.88. The van der Waals surface area contributed by atoms with Crippen molar-refractivity contribution >= 4 is 11.8 Å². The average molecular weight is 203 g/mol. The van der Waals surface area contributed by atoms with Crippen molar-refractivity contribution in [2.24, 2.45) is 0 Å². The number of nitrogens with zero attached hydrogens (tertiary/aromatic N) is 1. The number of carbonyl (C=O) groups is 2. The number of ketones is 1. The fourth-order valence-electron chi connectivity index (χ4n) is 1.07. The number of carbonyl (C=O) groups excluding carboxylic acids is 2. The van der Waals surface area contributed by atoms with E-state index in [4.69, 9.17) is 10.00 Å². The molecule has 1 rings (SSSR count). The van der Waals surface area contributed by atoms with Gasteiger partial charge >= 0.3 is 5.97 Å². The molecule has 0 unspecified atom stereocenters. The van der Waals surface area contributed by atoms with Gasteiger partial charge in [-0.1, -0.05) is 12.1 Å². The lowest BCUT2D eigenvalue weighted by atomic mass is 10.1. The molecule has 15 heavy (non-hydrogen) atoms. The molecule has 0 radical (unpaired) electrons. The van der Waals surface area contributed by atoms with Crippen LogP contribution >= 0.6 is 0 Å². The quantitative estimate of drug-likeness (QED) is 0.426. The Hall–Kier alpha value is -2.15. The van der Waals surface area contributed by atoms with Gasteiger partial charge in [-0.25, -0.2) is 0 Å². The predicted octanol–water partition coefficient (Wildman–Crippen LogP) is 1.71. The Balaban J connectivity index is 2.88. The van der Waals surface area contributed by atoms with E-state index in [9.17, 15) is 9.59 Å². The zero-order valence-electron chi connectivity index (χ0n) is 8.19. The zero-order chi connectivity index (χ0) is 11.3. The summed E-state index contributed by atoms with van der Waals surface area (Å²) in [6.07, 6.45) is -0.177.